The Bertz CT molecular complexity index is 565. The summed E-state index contributed by atoms with van der Waals surface area (Å²) in [4.78, 5) is 16.3. The minimum atomic E-state index is -0.283. The van der Waals surface area contributed by atoms with Gasteiger partial charge in [0.2, 0.25) is 0 Å². The van der Waals surface area contributed by atoms with Gasteiger partial charge in [0, 0.05) is 6.20 Å². The van der Waals surface area contributed by atoms with Crippen LogP contribution in [0, 0.1) is 11.8 Å². The van der Waals surface area contributed by atoms with Crippen molar-refractivity contribution in [3.8, 4) is 11.8 Å². The number of carbonyl (C=O) groups is 1. The minimum absolute atomic E-state index is 0.200. The Morgan fingerprint density at radius 2 is 2.47 bits per heavy atom. The molecule has 7 heteroatoms. The third-order valence-corrected chi connectivity index (χ3v) is 2.61. The van der Waals surface area contributed by atoms with Crippen LogP contribution in [-0.4, -0.2) is 32.8 Å². The summed E-state index contributed by atoms with van der Waals surface area (Å²) in [6.07, 6.45) is 4.46. The summed E-state index contributed by atoms with van der Waals surface area (Å²) in [5.41, 5.74) is 0.434. The molecule has 0 fully saturated rings. The predicted octanol–water partition coefficient (Wildman–Crippen LogP) is 0.462. The lowest BCUT2D eigenvalue weighted by Gasteiger charge is -1.96. The van der Waals surface area contributed by atoms with Crippen molar-refractivity contribution in [2.75, 3.05) is 11.9 Å². The number of hydrogen-bond acceptors (Lipinski definition) is 5. The molecule has 0 spiro atoms. The normalized spacial score (nSPS) is 9.47. The molecule has 0 atom stereocenters. The molecule has 0 aromatic carbocycles. The number of carbonyl (C=O) groups excluding carboxylic acids is 1. The second kappa shape index (κ2) is 5.25. The van der Waals surface area contributed by atoms with Crippen LogP contribution in [0.4, 0.5) is 5.13 Å². The van der Waals surface area contributed by atoms with Crippen molar-refractivity contribution in [2.45, 2.75) is 0 Å². The molecule has 3 N–H and O–H groups in total. The Hall–Kier alpha value is -2.17. The fourth-order valence-corrected chi connectivity index (χ4v) is 1.75. The average Bonchev–Trinajstić information content (AvgIpc) is 2.97. The van der Waals surface area contributed by atoms with Crippen LogP contribution < -0.4 is 5.32 Å². The van der Waals surface area contributed by atoms with E-state index in [1.165, 1.54) is 29.9 Å². The van der Waals surface area contributed by atoms with Crippen LogP contribution in [0.5, 0.6) is 0 Å². The molecule has 2 aromatic rings. The van der Waals surface area contributed by atoms with Gasteiger partial charge in [-0.3, -0.25) is 15.2 Å². The highest BCUT2D eigenvalue weighted by Crippen LogP contribution is 2.17. The van der Waals surface area contributed by atoms with Crippen molar-refractivity contribution in [1.29, 1.82) is 0 Å². The molecule has 0 aliphatic rings. The fourth-order valence-electron chi connectivity index (χ4n) is 1.06. The number of aliphatic hydroxyl groups is 1. The third-order valence-electron chi connectivity index (χ3n) is 1.78. The van der Waals surface area contributed by atoms with E-state index in [2.05, 4.69) is 32.3 Å². The summed E-state index contributed by atoms with van der Waals surface area (Å²) in [5.74, 6) is 4.93. The summed E-state index contributed by atoms with van der Waals surface area (Å²) in [6, 6.07) is 0. The van der Waals surface area contributed by atoms with E-state index in [-0.39, 0.29) is 12.5 Å². The number of amides is 1. The molecule has 0 aliphatic heterocycles. The summed E-state index contributed by atoms with van der Waals surface area (Å²) < 4.78 is 0. The molecule has 86 valence electrons. The standard InChI is InChI=1S/C10H8N4O2S/c15-3-1-2-8-6-11-10(17-8)14-9(16)7-4-12-13-5-7/h4-6,15H,3H2,(H,12,13)(H,11,14,16). The molecular weight excluding hydrogens is 240 g/mol. The number of hydrogen-bond donors (Lipinski definition) is 3. The van der Waals surface area contributed by atoms with Gasteiger partial charge in [0.05, 0.1) is 22.8 Å². The molecular formula is C10H8N4O2S. The number of rotatable bonds is 2. The highest BCUT2D eigenvalue weighted by Gasteiger charge is 2.09. The summed E-state index contributed by atoms with van der Waals surface area (Å²) in [7, 11) is 0. The van der Waals surface area contributed by atoms with E-state index in [0.717, 1.165) is 0 Å². The predicted molar refractivity (Wildman–Crippen MR) is 62.6 cm³/mol. The Morgan fingerprint density at radius 1 is 1.59 bits per heavy atom. The van der Waals surface area contributed by atoms with Gasteiger partial charge in [0.25, 0.3) is 5.91 Å². The monoisotopic (exact) mass is 248 g/mol. The van der Waals surface area contributed by atoms with Crippen molar-refractivity contribution in [2.24, 2.45) is 0 Å². The largest absolute Gasteiger partial charge is 0.384 e. The quantitative estimate of drug-likeness (QED) is 0.673. The number of nitrogens with one attached hydrogen (secondary N) is 2. The molecule has 2 rings (SSSR count). The highest BCUT2D eigenvalue weighted by molar-refractivity contribution is 7.16. The number of H-pyrrole nitrogens is 1. The lowest BCUT2D eigenvalue weighted by Crippen LogP contribution is -2.10. The average molecular weight is 248 g/mol. The van der Waals surface area contributed by atoms with Crippen molar-refractivity contribution in [3.63, 3.8) is 0 Å². The number of nitrogens with zero attached hydrogens (tertiary/aromatic N) is 2. The maximum atomic E-state index is 11.6. The van der Waals surface area contributed by atoms with E-state index in [4.69, 9.17) is 5.11 Å². The van der Waals surface area contributed by atoms with Gasteiger partial charge in [-0.15, -0.1) is 0 Å². The molecule has 0 saturated carbocycles. The topological polar surface area (TPSA) is 90.9 Å². The lowest BCUT2D eigenvalue weighted by molar-refractivity contribution is 0.102. The molecule has 6 nitrogen and oxygen atoms in total. The van der Waals surface area contributed by atoms with Gasteiger partial charge in [-0.25, -0.2) is 4.98 Å². The first-order valence-corrected chi connectivity index (χ1v) is 5.47. The Labute approximate surface area is 101 Å². The second-order valence-electron chi connectivity index (χ2n) is 2.93. The fraction of sp³-hybridized carbons (Fsp3) is 0.100. The van der Waals surface area contributed by atoms with Gasteiger partial charge in [0.15, 0.2) is 5.13 Å². The molecule has 0 unspecified atom stereocenters. The summed E-state index contributed by atoms with van der Waals surface area (Å²) in [6.45, 7) is -0.200. The molecule has 2 aromatic heterocycles. The van der Waals surface area contributed by atoms with Crippen molar-refractivity contribution in [1.82, 2.24) is 15.2 Å². The van der Waals surface area contributed by atoms with Crippen LogP contribution in [0.1, 0.15) is 15.2 Å². The van der Waals surface area contributed by atoms with Crippen molar-refractivity contribution < 1.29 is 9.90 Å². The summed E-state index contributed by atoms with van der Waals surface area (Å²) >= 11 is 1.24. The Kier molecular flexibility index (Phi) is 3.49. The Balaban J connectivity index is 2.04. The van der Waals surface area contributed by atoms with E-state index < -0.39 is 0 Å². The van der Waals surface area contributed by atoms with Gasteiger partial charge < -0.3 is 5.11 Å². The van der Waals surface area contributed by atoms with Gasteiger partial charge in [-0.05, 0) is 0 Å². The third kappa shape index (κ3) is 2.90. The smallest absolute Gasteiger partial charge is 0.260 e. The van der Waals surface area contributed by atoms with Crippen LogP contribution in [0.2, 0.25) is 0 Å². The van der Waals surface area contributed by atoms with Gasteiger partial charge in [-0.2, -0.15) is 5.10 Å². The SMILES string of the molecule is O=C(Nc1ncc(C#CCO)s1)c1cn[nH]c1. The zero-order chi connectivity index (χ0) is 12.1. The first kappa shape index (κ1) is 11.3. The number of thiazole rings is 1. The zero-order valence-corrected chi connectivity index (χ0v) is 9.41. The van der Waals surface area contributed by atoms with Gasteiger partial charge >= 0.3 is 0 Å². The van der Waals surface area contributed by atoms with Crippen LogP contribution >= 0.6 is 11.3 Å². The van der Waals surface area contributed by atoms with Crippen molar-refractivity contribution in [3.05, 3.63) is 29.0 Å². The van der Waals surface area contributed by atoms with E-state index >= 15 is 0 Å². The Morgan fingerprint density at radius 3 is 3.18 bits per heavy atom. The second-order valence-corrected chi connectivity index (χ2v) is 3.96. The lowest BCUT2D eigenvalue weighted by atomic mass is 10.3. The molecule has 0 bridgehead atoms. The minimum Gasteiger partial charge on any atom is -0.384 e. The molecule has 0 radical (unpaired) electrons. The number of anilines is 1. The van der Waals surface area contributed by atoms with E-state index in [1.807, 2.05) is 0 Å². The first-order chi connectivity index (χ1) is 8.29. The van der Waals surface area contributed by atoms with E-state index in [0.29, 0.717) is 15.6 Å². The van der Waals surface area contributed by atoms with Crippen molar-refractivity contribution >= 4 is 22.4 Å². The maximum absolute atomic E-state index is 11.6. The van der Waals surface area contributed by atoms with Crippen LogP contribution in [0.25, 0.3) is 0 Å². The highest BCUT2D eigenvalue weighted by atomic mass is 32.1. The molecule has 1 amide bonds. The van der Waals surface area contributed by atoms with E-state index in [1.54, 1.807) is 0 Å². The zero-order valence-electron chi connectivity index (χ0n) is 8.60. The number of aromatic nitrogens is 3. The first-order valence-electron chi connectivity index (χ1n) is 4.65. The number of aromatic amines is 1. The molecule has 2 heterocycles. The van der Waals surface area contributed by atoms with E-state index in [9.17, 15) is 4.79 Å². The van der Waals surface area contributed by atoms with Crippen LogP contribution in [0.15, 0.2) is 18.6 Å². The van der Waals surface area contributed by atoms with Gasteiger partial charge in [0.1, 0.15) is 6.61 Å². The number of aliphatic hydroxyl groups excluding tert-OH is 1. The molecule has 0 saturated heterocycles. The van der Waals surface area contributed by atoms with Crippen LogP contribution in [0.3, 0.4) is 0 Å². The summed E-state index contributed by atoms with van der Waals surface area (Å²) in [5, 5.41) is 17.8. The van der Waals surface area contributed by atoms with Crippen LogP contribution in [-0.2, 0) is 0 Å². The van der Waals surface area contributed by atoms with Gasteiger partial charge in [-0.1, -0.05) is 23.2 Å². The molecule has 0 aliphatic carbocycles. The molecule has 17 heavy (non-hydrogen) atoms. The maximum Gasteiger partial charge on any atom is 0.260 e.